The summed E-state index contributed by atoms with van der Waals surface area (Å²) in [7, 11) is -2.55. The van der Waals surface area contributed by atoms with E-state index in [0.717, 1.165) is 11.3 Å². The fourth-order valence-electron chi connectivity index (χ4n) is 0.436. The fourth-order valence-corrected chi connectivity index (χ4v) is 2.28. The smallest absolute Gasteiger partial charge is 0.304 e. The molecule has 1 heterocycles. The van der Waals surface area contributed by atoms with E-state index in [-0.39, 0.29) is 4.21 Å². The van der Waals surface area contributed by atoms with Crippen molar-refractivity contribution in [2.45, 2.75) is 4.21 Å². The molecule has 7 heteroatoms. The van der Waals surface area contributed by atoms with Crippen molar-refractivity contribution in [1.82, 2.24) is 0 Å². The summed E-state index contributed by atoms with van der Waals surface area (Å²) >= 11 is 6.23. The van der Waals surface area contributed by atoms with Crippen LogP contribution in [0.1, 0.15) is 0 Å². The van der Waals surface area contributed by atoms with Gasteiger partial charge in [-0.1, -0.05) is 11.6 Å². The molecule has 0 aliphatic heterocycles. The Morgan fingerprint density at radius 3 is 2.17 bits per heavy atom. The van der Waals surface area contributed by atoms with Gasteiger partial charge in [0.1, 0.15) is 4.21 Å². The van der Waals surface area contributed by atoms with Crippen molar-refractivity contribution in [3.05, 3.63) is 16.5 Å². The number of halogens is 1. The van der Waals surface area contributed by atoms with Crippen LogP contribution in [0.4, 0.5) is 0 Å². The van der Waals surface area contributed by atoms with Gasteiger partial charge in [0.25, 0.3) is 0 Å². The molecule has 0 fully saturated rings. The van der Waals surface area contributed by atoms with E-state index in [0.29, 0.717) is 4.34 Å². The second-order valence-corrected chi connectivity index (χ2v) is 4.90. The van der Waals surface area contributed by atoms with Crippen molar-refractivity contribution >= 4 is 33.1 Å². The first-order chi connectivity index (χ1) is 5.50. The lowest BCUT2D eigenvalue weighted by Gasteiger charge is -1.85. The Kier molecular flexibility index (Phi) is 4.73. The monoisotopic (exact) mass is 229 g/mol. The molecule has 0 amide bonds. The topological polar surface area (TPSA) is 80.4 Å². The van der Waals surface area contributed by atoms with Crippen molar-refractivity contribution in [2.75, 3.05) is 7.05 Å². The maximum atomic E-state index is 10.4. The quantitative estimate of drug-likeness (QED) is 0.710. The first-order valence-corrected chi connectivity index (χ1v) is 5.44. The molecule has 1 aromatic heterocycles. The zero-order valence-corrected chi connectivity index (χ0v) is 8.58. The Labute approximate surface area is 79.7 Å². The average molecular weight is 230 g/mol. The summed E-state index contributed by atoms with van der Waals surface area (Å²) in [6, 6.07) is 2.66. The van der Waals surface area contributed by atoms with Crippen molar-refractivity contribution in [3.63, 3.8) is 0 Å². The zero-order valence-electron chi connectivity index (χ0n) is 6.19. The summed E-state index contributed by atoms with van der Waals surface area (Å²) in [5, 5.41) is 0. The van der Waals surface area contributed by atoms with Crippen molar-refractivity contribution < 1.29 is 13.0 Å². The maximum Gasteiger partial charge on any atom is 0.304 e. The first kappa shape index (κ1) is 11.9. The molecule has 0 saturated carbocycles. The Hall–Kier alpha value is -0.140. The van der Waals surface area contributed by atoms with E-state index in [1.807, 2.05) is 0 Å². The number of hydrogen-bond acceptors (Lipinski definition) is 4. The van der Waals surface area contributed by atoms with Crippen molar-refractivity contribution in [3.8, 4) is 0 Å². The highest BCUT2D eigenvalue weighted by molar-refractivity contribution is 7.88. The number of nitrogens with two attached hydrogens (primary N) is 1. The van der Waals surface area contributed by atoms with Gasteiger partial charge in [0, 0.05) is 0 Å². The van der Waals surface area contributed by atoms with Crippen LogP contribution >= 0.6 is 22.9 Å². The summed E-state index contributed by atoms with van der Waals surface area (Å²) in [4.78, 5) is 0. The fraction of sp³-hybridized carbons (Fsp3) is 0.200. The molecule has 3 N–H and O–H groups in total. The lowest BCUT2D eigenvalue weighted by Crippen LogP contribution is -1.92. The Balaban J connectivity index is 0.000000561. The van der Waals surface area contributed by atoms with Gasteiger partial charge in [-0.2, -0.15) is 8.42 Å². The van der Waals surface area contributed by atoms with Crippen LogP contribution in [0.2, 0.25) is 4.34 Å². The molecule has 1 rings (SSSR count). The molecule has 0 unspecified atom stereocenters. The molecular formula is C5H8ClNO3S2. The van der Waals surface area contributed by atoms with Crippen LogP contribution in [0.25, 0.3) is 0 Å². The predicted octanol–water partition coefficient (Wildman–Crippen LogP) is 1.22. The molecular weight excluding hydrogens is 222 g/mol. The van der Waals surface area contributed by atoms with Gasteiger partial charge in [0.15, 0.2) is 0 Å². The zero-order chi connectivity index (χ0) is 9.78. The molecule has 0 aliphatic rings. The second-order valence-electron chi connectivity index (χ2n) is 1.53. The SMILES string of the molecule is CN.O=S(=O)(O)c1ccc(Cl)s1. The number of hydrogen-bond donors (Lipinski definition) is 2. The molecule has 0 aliphatic carbocycles. The lowest BCUT2D eigenvalue weighted by molar-refractivity contribution is 0.485. The summed E-state index contributed by atoms with van der Waals surface area (Å²) < 4.78 is 29.3. The van der Waals surface area contributed by atoms with Crippen LogP contribution in [0.3, 0.4) is 0 Å². The Morgan fingerprint density at radius 2 is 2.00 bits per heavy atom. The van der Waals surface area contributed by atoms with Crippen LogP contribution in [-0.4, -0.2) is 20.0 Å². The predicted molar refractivity (Wildman–Crippen MR) is 49.3 cm³/mol. The first-order valence-electron chi connectivity index (χ1n) is 2.81. The Morgan fingerprint density at radius 1 is 1.50 bits per heavy atom. The minimum atomic E-state index is -4.05. The van der Waals surface area contributed by atoms with Crippen LogP contribution in [0.5, 0.6) is 0 Å². The van der Waals surface area contributed by atoms with E-state index in [1.165, 1.54) is 19.2 Å². The van der Waals surface area contributed by atoms with Crippen LogP contribution in [0.15, 0.2) is 16.3 Å². The van der Waals surface area contributed by atoms with E-state index in [1.54, 1.807) is 0 Å². The van der Waals surface area contributed by atoms with E-state index in [2.05, 4.69) is 5.73 Å². The van der Waals surface area contributed by atoms with E-state index in [9.17, 15) is 8.42 Å². The van der Waals surface area contributed by atoms with E-state index >= 15 is 0 Å². The lowest BCUT2D eigenvalue weighted by atomic mass is 10.7. The van der Waals surface area contributed by atoms with Crippen LogP contribution < -0.4 is 5.73 Å². The maximum absolute atomic E-state index is 10.4. The minimum absolute atomic E-state index is 0.127. The molecule has 0 radical (unpaired) electrons. The minimum Gasteiger partial charge on any atom is -0.333 e. The van der Waals surface area contributed by atoms with Crippen LogP contribution in [-0.2, 0) is 10.1 Å². The van der Waals surface area contributed by atoms with Gasteiger partial charge in [0.2, 0.25) is 0 Å². The van der Waals surface area contributed by atoms with Gasteiger partial charge in [-0.15, -0.1) is 11.3 Å². The van der Waals surface area contributed by atoms with Gasteiger partial charge < -0.3 is 5.73 Å². The highest BCUT2D eigenvalue weighted by Gasteiger charge is 2.11. The van der Waals surface area contributed by atoms with E-state index < -0.39 is 10.1 Å². The highest BCUT2D eigenvalue weighted by Crippen LogP contribution is 2.24. The normalized spacial score (nSPS) is 10.3. The molecule has 4 nitrogen and oxygen atoms in total. The Bertz CT molecular complexity index is 332. The molecule has 0 aromatic carbocycles. The van der Waals surface area contributed by atoms with Gasteiger partial charge in [0.05, 0.1) is 4.34 Å². The summed E-state index contributed by atoms with van der Waals surface area (Å²) in [5.74, 6) is 0. The third-order valence-corrected chi connectivity index (χ3v) is 3.35. The van der Waals surface area contributed by atoms with Gasteiger partial charge in [-0.3, -0.25) is 4.55 Å². The largest absolute Gasteiger partial charge is 0.333 e. The third-order valence-electron chi connectivity index (χ3n) is 0.803. The van der Waals surface area contributed by atoms with Crippen molar-refractivity contribution in [2.24, 2.45) is 5.73 Å². The highest BCUT2D eigenvalue weighted by atomic mass is 35.5. The molecule has 0 bridgehead atoms. The van der Waals surface area contributed by atoms with Gasteiger partial charge >= 0.3 is 10.1 Å². The molecule has 1 aromatic rings. The molecule has 0 saturated heterocycles. The van der Waals surface area contributed by atoms with Crippen molar-refractivity contribution in [1.29, 1.82) is 0 Å². The summed E-state index contributed by atoms with van der Waals surface area (Å²) in [6.07, 6.45) is 0. The molecule has 12 heavy (non-hydrogen) atoms. The molecule has 0 atom stereocenters. The standard InChI is InChI=1S/C4H3ClO3S2.CH5N/c5-3-1-2-4(9-3)10(6,7)8;1-2/h1-2H,(H,6,7,8);2H2,1H3. The molecule has 0 spiro atoms. The average Bonchev–Trinajstić information content (AvgIpc) is 2.39. The second kappa shape index (κ2) is 4.78. The summed E-state index contributed by atoms with van der Waals surface area (Å²) in [5.41, 5.74) is 4.50. The van der Waals surface area contributed by atoms with Gasteiger partial charge in [-0.25, -0.2) is 0 Å². The van der Waals surface area contributed by atoms with Gasteiger partial charge in [-0.05, 0) is 19.2 Å². The third kappa shape index (κ3) is 3.51. The summed E-state index contributed by atoms with van der Waals surface area (Å²) in [6.45, 7) is 0. The number of thiophene rings is 1. The number of rotatable bonds is 1. The van der Waals surface area contributed by atoms with Crippen LogP contribution in [0, 0.1) is 0 Å². The van der Waals surface area contributed by atoms with E-state index in [4.69, 9.17) is 16.2 Å². The molecule has 70 valence electrons.